The van der Waals surface area contributed by atoms with Crippen LogP contribution in [0.15, 0.2) is 12.7 Å². The molecule has 1 amide bonds. The maximum atomic E-state index is 12.0. The molecule has 0 saturated carbocycles. The van der Waals surface area contributed by atoms with Crippen LogP contribution in [-0.4, -0.2) is 56.3 Å². The Morgan fingerprint density at radius 2 is 2.10 bits per heavy atom. The van der Waals surface area contributed by atoms with Gasteiger partial charge < -0.3 is 19.2 Å². The molecule has 0 aromatic rings. The van der Waals surface area contributed by atoms with Crippen LogP contribution in [0.1, 0.15) is 27.2 Å². The minimum Gasteiger partial charge on any atom is -0.445 e. The molecule has 1 aliphatic rings. The lowest BCUT2D eigenvalue weighted by molar-refractivity contribution is 0.0913. The van der Waals surface area contributed by atoms with Crippen LogP contribution in [0, 0.1) is 0 Å². The van der Waals surface area contributed by atoms with Crippen LogP contribution >= 0.6 is 0 Å². The molecular formula is C15H29NO4Si. The standard InChI is InChI=1S/C15H29NO4Si/c1-7-8-19-14(18)16-10-13(17)9-12(16)11-20-21(5,6)15(2,3)4/h7,12-13,17H,1,8-11H2,2-6H3. The molecule has 1 aliphatic heterocycles. The molecule has 122 valence electrons. The summed E-state index contributed by atoms with van der Waals surface area (Å²) in [5.74, 6) is 0. The molecule has 1 N–H and O–H groups in total. The first-order chi connectivity index (χ1) is 9.58. The van der Waals surface area contributed by atoms with Crippen LogP contribution in [0.25, 0.3) is 0 Å². The number of rotatable bonds is 5. The van der Waals surface area contributed by atoms with E-state index in [9.17, 15) is 9.90 Å². The van der Waals surface area contributed by atoms with Crippen LogP contribution < -0.4 is 0 Å². The maximum Gasteiger partial charge on any atom is 0.410 e. The number of hydrogen-bond donors (Lipinski definition) is 1. The van der Waals surface area contributed by atoms with Crippen molar-refractivity contribution in [1.82, 2.24) is 4.90 Å². The first-order valence-electron chi connectivity index (χ1n) is 7.45. The van der Waals surface area contributed by atoms with Crippen molar-refractivity contribution >= 4 is 14.4 Å². The molecule has 1 fully saturated rings. The minimum atomic E-state index is -1.86. The van der Waals surface area contributed by atoms with Gasteiger partial charge in [-0.25, -0.2) is 4.79 Å². The number of hydrogen-bond acceptors (Lipinski definition) is 4. The van der Waals surface area contributed by atoms with Gasteiger partial charge in [0, 0.05) is 0 Å². The highest BCUT2D eigenvalue weighted by Gasteiger charge is 2.40. The molecule has 1 saturated heterocycles. The molecule has 2 atom stereocenters. The van der Waals surface area contributed by atoms with Crippen molar-refractivity contribution in [3.8, 4) is 0 Å². The number of amides is 1. The molecule has 5 nitrogen and oxygen atoms in total. The van der Waals surface area contributed by atoms with E-state index in [4.69, 9.17) is 9.16 Å². The summed E-state index contributed by atoms with van der Waals surface area (Å²) in [6.45, 7) is 15.4. The number of carbonyl (C=O) groups excluding carboxylic acids is 1. The zero-order chi connectivity index (χ0) is 16.3. The van der Waals surface area contributed by atoms with Crippen molar-refractivity contribution in [3.05, 3.63) is 12.7 Å². The van der Waals surface area contributed by atoms with Gasteiger partial charge in [-0.2, -0.15) is 0 Å². The van der Waals surface area contributed by atoms with E-state index in [1.54, 1.807) is 4.90 Å². The van der Waals surface area contributed by atoms with Crippen molar-refractivity contribution < 1.29 is 19.1 Å². The number of ether oxygens (including phenoxy) is 1. The fraction of sp³-hybridized carbons (Fsp3) is 0.800. The van der Waals surface area contributed by atoms with Crippen LogP contribution in [-0.2, 0) is 9.16 Å². The Kier molecular flexibility index (Phi) is 6.01. The van der Waals surface area contributed by atoms with Gasteiger partial charge in [-0.05, 0) is 24.6 Å². The van der Waals surface area contributed by atoms with Crippen LogP contribution in [0.5, 0.6) is 0 Å². The third kappa shape index (κ3) is 4.83. The smallest absolute Gasteiger partial charge is 0.410 e. The highest BCUT2D eigenvalue weighted by Crippen LogP contribution is 2.37. The Labute approximate surface area is 129 Å². The van der Waals surface area contributed by atoms with E-state index in [1.807, 2.05) is 0 Å². The Morgan fingerprint density at radius 1 is 1.48 bits per heavy atom. The van der Waals surface area contributed by atoms with E-state index in [0.717, 1.165) is 0 Å². The Balaban J connectivity index is 2.63. The predicted octanol–water partition coefficient (Wildman–Crippen LogP) is 2.77. The number of aliphatic hydroxyl groups excluding tert-OH is 1. The molecule has 21 heavy (non-hydrogen) atoms. The van der Waals surface area contributed by atoms with E-state index < -0.39 is 20.5 Å². The van der Waals surface area contributed by atoms with E-state index in [0.29, 0.717) is 19.6 Å². The molecule has 0 aliphatic carbocycles. The largest absolute Gasteiger partial charge is 0.445 e. The fourth-order valence-corrected chi connectivity index (χ4v) is 3.05. The van der Waals surface area contributed by atoms with E-state index in [2.05, 4.69) is 40.4 Å². The monoisotopic (exact) mass is 315 g/mol. The van der Waals surface area contributed by atoms with Gasteiger partial charge in [-0.1, -0.05) is 33.4 Å². The van der Waals surface area contributed by atoms with Gasteiger partial charge >= 0.3 is 6.09 Å². The zero-order valence-electron chi connectivity index (χ0n) is 13.9. The number of nitrogens with zero attached hydrogens (tertiary/aromatic N) is 1. The Bertz CT molecular complexity index is 378. The van der Waals surface area contributed by atoms with E-state index >= 15 is 0 Å². The van der Waals surface area contributed by atoms with Crippen molar-refractivity contribution in [1.29, 1.82) is 0 Å². The van der Waals surface area contributed by atoms with Gasteiger partial charge in [0.05, 0.1) is 25.3 Å². The molecule has 0 aromatic carbocycles. The Hall–Kier alpha value is -0.853. The SMILES string of the molecule is C=CCOC(=O)N1CC(O)CC1CO[Si](C)(C)C(C)(C)C. The third-order valence-electron chi connectivity index (χ3n) is 4.39. The topological polar surface area (TPSA) is 59.0 Å². The van der Waals surface area contributed by atoms with Crippen molar-refractivity contribution in [2.24, 2.45) is 0 Å². The summed E-state index contributed by atoms with van der Waals surface area (Å²) in [6, 6.07) is -0.119. The molecule has 0 bridgehead atoms. The summed E-state index contributed by atoms with van der Waals surface area (Å²) < 4.78 is 11.2. The summed E-state index contributed by atoms with van der Waals surface area (Å²) in [4.78, 5) is 13.6. The summed E-state index contributed by atoms with van der Waals surface area (Å²) in [7, 11) is -1.86. The van der Waals surface area contributed by atoms with Crippen molar-refractivity contribution in [3.63, 3.8) is 0 Å². The van der Waals surface area contributed by atoms with E-state index in [-0.39, 0.29) is 17.7 Å². The summed E-state index contributed by atoms with van der Waals surface area (Å²) in [5.41, 5.74) is 0. The summed E-state index contributed by atoms with van der Waals surface area (Å²) in [5, 5.41) is 9.94. The summed E-state index contributed by atoms with van der Waals surface area (Å²) >= 11 is 0. The average molecular weight is 315 g/mol. The first-order valence-corrected chi connectivity index (χ1v) is 10.4. The van der Waals surface area contributed by atoms with Gasteiger partial charge in [-0.15, -0.1) is 0 Å². The van der Waals surface area contributed by atoms with Crippen LogP contribution in [0.3, 0.4) is 0 Å². The normalized spacial score (nSPS) is 23.2. The number of carbonyl (C=O) groups is 1. The molecule has 1 rings (SSSR count). The van der Waals surface area contributed by atoms with Gasteiger partial charge in [0.25, 0.3) is 0 Å². The Morgan fingerprint density at radius 3 is 2.62 bits per heavy atom. The highest BCUT2D eigenvalue weighted by atomic mass is 28.4. The molecule has 2 unspecified atom stereocenters. The lowest BCUT2D eigenvalue weighted by Crippen LogP contribution is -2.46. The minimum absolute atomic E-state index is 0.119. The first kappa shape index (κ1) is 18.2. The highest BCUT2D eigenvalue weighted by molar-refractivity contribution is 6.74. The second-order valence-corrected chi connectivity index (χ2v) is 11.9. The molecular weight excluding hydrogens is 286 g/mol. The van der Waals surface area contributed by atoms with Crippen molar-refractivity contribution in [2.45, 2.75) is 57.5 Å². The number of β-amino-alcohol motifs (C(OH)–C–C–N with tert-alkyl or cyclic N) is 1. The molecule has 1 heterocycles. The second kappa shape index (κ2) is 6.94. The third-order valence-corrected chi connectivity index (χ3v) is 8.90. The zero-order valence-corrected chi connectivity index (χ0v) is 14.9. The molecule has 0 radical (unpaired) electrons. The fourth-order valence-electron chi connectivity index (χ4n) is 2.01. The maximum absolute atomic E-state index is 12.0. The molecule has 0 aromatic heterocycles. The quantitative estimate of drug-likeness (QED) is 0.626. The predicted molar refractivity (Wildman–Crippen MR) is 85.8 cm³/mol. The van der Waals surface area contributed by atoms with Gasteiger partial charge in [0.15, 0.2) is 8.32 Å². The van der Waals surface area contributed by atoms with Gasteiger partial charge in [0.2, 0.25) is 0 Å². The number of aliphatic hydroxyl groups is 1. The van der Waals surface area contributed by atoms with Crippen LogP contribution in [0.4, 0.5) is 4.79 Å². The van der Waals surface area contributed by atoms with Gasteiger partial charge in [0.1, 0.15) is 6.61 Å². The van der Waals surface area contributed by atoms with Crippen molar-refractivity contribution in [2.75, 3.05) is 19.8 Å². The molecule has 0 spiro atoms. The summed E-state index contributed by atoms with van der Waals surface area (Å²) in [6.07, 6.45) is 1.16. The lowest BCUT2D eigenvalue weighted by Gasteiger charge is -2.37. The average Bonchev–Trinajstić information content (AvgIpc) is 2.73. The van der Waals surface area contributed by atoms with E-state index in [1.165, 1.54) is 6.08 Å². The van der Waals surface area contributed by atoms with Gasteiger partial charge in [-0.3, -0.25) is 0 Å². The molecule has 6 heteroatoms. The lowest BCUT2D eigenvalue weighted by atomic mass is 10.2. The second-order valence-electron chi connectivity index (χ2n) is 7.13. The van der Waals surface area contributed by atoms with Crippen LogP contribution in [0.2, 0.25) is 18.1 Å². The number of likely N-dealkylation sites (tertiary alicyclic amines) is 1.